The third kappa shape index (κ3) is 2.52. The van der Waals surface area contributed by atoms with Gasteiger partial charge in [-0.25, -0.2) is 0 Å². The average molecular weight is 234 g/mol. The van der Waals surface area contributed by atoms with Crippen LogP contribution < -0.4 is 5.73 Å². The van der Waals surface area contributed by atoms with Gasteiger partial charge in [-0.15, -0.1) is 4.91 Å². The molecular weight excluding hydrogens is 216 g/mol. The summed E-state index contributed by atoms with van der Waals surface area (Å²) in [5.74, 6) is -0.532. The Hall–Kier alpha value is -1.71. The van der Waals surface area contributed by atoms with Crippen LogP contribution >= 0.6 is 0 Å². The number of amides is 1. The number of primary amides is 1. The number of nitrogens with zero attached hydrogens (tertiary/aromatic N) is 1. The van der Waals surface area contributed by atoms with Crippen LogP contribution in [0.3, 0.4) is 0 Å². The highest BCUT2D eigenvalue weighted by atomic mass is 16.3. The second-order valence-electron chi connectivity index (χ2n) is 4.73. The van der Waals surface area contributed by atoms with E-state index in [4.69, 9.17) is 5.73 Å². The van der Waals surface area contributed by atoms with Gasteiger partial charge in [-0.05, 0) is 35.6 Å². The predicted molar refractivity (Wildman–Crippen MR) is 67.3 cm³/mol. The normalized spacial score (nSPS) is 14.4. The molecular formula is C13H18N2O2. The van der Waals surface area contributed by atoms with Gasteiger partial charge in [0, 0.05) is 0 Å². The van der Waals surface area contributed by atoms with Crippen LogP contribution in [0.4, 0.5) is 0 Å². The largest absolute Gasteiger partial charge is 0.367 e. The lowest BCUT2D eigenvalue weighted by Crippen LogP contribution is -2.41. The fourth-order valence-electron chi connectivity index (χ4n) is 2.10. The molecule has 1 amide bonds. The Bertz CT molecular complexity index is 429. The highest BCUT2D eigenvalue weighted by Gasteiger charge is 2.42. The summed E-state index contributed by atoms with van der Waals surface area (Å²) in [6.45, 7) is 5.71. The molecule has 0 aromatic heterocycles. The smallest absolute Gasteiger partial charge is 0.253 e. The van der Waals surface area contributed by atoms with Gasteiger partial charge in [0.15, 0.2) is 0 Å². The molecule has 17 heavy (non-hydrogen) atoms. The van der Waals surface area contributed by atoms with Crippen molar-refractivity contribution in [3.63, 3.8) is 0 Å². The molecule has 0 fully saturated rings. The maximum absolute atomic E-state index is 11.7. The van der Waals surface area contributed by atoms with Crippen LogP contribution in [0.25, 0.3) is 0 Å². The predicted octanol–water partition coefficient (Wildman–Crippen LogP) is 2.49. The Morgan fingerprint density at radius 3 is 2.41 bits per heavy atom. The highest BCUT2D eigenvalue weighted by Crippen LogP contribution is 2.34. The number of carbonyl (C=O) groups excluding carboxylic acids is 1. The number of rotatable bonds is 5. The van der Waals surface area contributed by atoms with Crippen molar-refractivity contribution >= 4 is 5.91 Å². The second-order valence-corrected chi connectivity index (χ2v) is 4.73. The minimum Gasteiger partial charge on any atom is -0.367 e. The van der Waals surface area contributed by atoms with Crippen LogP contribution in [-0.4, -0.2) is 5.91 Å². The van der Waals surface area contributed by atoms with E-state index in [1.165, 1.54) is 0 Å². The molecule has 2 N–H and O–H groups in total. The van der Waals surface area contributed by atoms with E-state index in [0.717, 1.165) is 5.56 Å². The molecule has 0 aliphatic heterocycles. The van der Waals surface area contributed by atoms with Gasteiger partial charge < -0.3 is 5.73 Å². The molecule has 1 unspecified atom stereocenters. The van der Waals surface area contributed by atoms with Crippen LogP contribution in [0, 0.1) is 17.7 Å². The molecule has 0 spiro atoms. The lowest BCUT2D eigenvalue weighted by atomic mass is 9.80. The van der Waals surface area contributed by atoms with Crippen molar-refractivity contribution in [2.24, 2.45) is 16.8 Å². The van der Waals surface area contributed by atoms with E-state index in [-0.39, 0.29) is 5.92 Å². The van der Waals surface area contributed by atoms with Crippen molar-refractivity contribution < 1.29 is 4.79 Å². The third-order valence-electron chi connectivity index (χ3n) is 2.86. The summed E-state index contributed by atoms with van der Waals surface area (Å²) in [5, 5.41) is 3.07. The first-order valence-electron chi connectivity index (χ1n) is 5.64. The monoisotopic (exact) mass is 234 g/mol. The Morgan fingerprint density at radius 1 is 1.41 bits per heavy atom. The fraction of sp³-hybridized carbons (Fsp3) is 0.462. The maximum atomic E-state index is 11.7. The van der Waals surface area contributed by atoms with E-state index in [9.17, 15) is 9.70 Å². The first kappa shape index (κ1) is 13.4. The Morgan fingerprint density at radius 2 is 2.00 bits per heavy atom. The van der Waals surface area contributed by atoms with Gasteiger partial charge in [0.1, 0.15) is 0 Å². The molecule has 0 aliphatic rings. The summed E-state index contributed by atoms with van der Waals surface area (Å²) in [5.41, 5.74) is 5.41. The van der Waals surface area contributed by atoms with Crippen LogP contribution in [0.15, 0.2) is 29.4 Å². The van der Waals surface area contributed by atoms with Gasteiger partial charge >= 0.3 is 0 Å². The van der Waals surface area contributed by atoms with Crippen molar-refractivity contribution in [3.8, 4) is 0 Å². The third-order valence-corrected chi connectivity index (χ3v) is 2.86. The minimum atomic E-state index is -1.44. The summed E-state index contributed by atoms with van der Waals surface area (Å²) in [7, 11) is 0. The molecule has 92 valence electrons. The summed E-state index contributed by atoms with van der Waals surface area (Å²) in [6, 6.07) is 7.22. The summed E-state index contributed by atoms with van der Waals surface area (Å²) in [4.78, 5) is 22.9. The SMILES string of the molecule is Cc1ccccc1C(CC(C)C)(N=O)C(N)=O. The van der Waals surface area contributed by atoms with E-state index >= 15 is 0 Å². The van der Waals surface area contributed by atoms with E-state index in [1.807, 2.05) is 32.9 Å². The maximum Gasteiger partial charge on any atom is 0.253 e. The van der Waals surface area contributed by atoms with Crippen molar-refractivity contribution in [2.45, 2.75) is 32.7 Å². The Labute approximate surface area is 101 Å². The number of nitrogens with two attached hydrogens (primary N) is 1. The van der Waals surface area contributed by atoms with Crippen LogP contribution in [0.5, 0.6) is 0 Å². The molecule has 0 saturated carbocycles. The molecule has 4 heteroatoms. The van der Waals surface area contributed by atoms with Gasteiger partial charge in [0.2, 0.25) is 5.54 Å². The van der Waals surface area contributed by atoms with Crippen LogP contribution in [0.1, 0.15) is 31.4 Å². The summed E-state index contributed by atoms with van der Waals surface area (Å²) < 4.78 is 0. The Balaban J connectivity index is 3.37. The first-order chi connectivity index (χ1) is 7.94. The zero-order valence-electron chi connectivity index (χ0n) is 10.4. The molecule has 0 saturated heterocycles. The minimum absolute atomic E-state index is 0.153. The number of hydrogen-bond donors (Lipinski definition) is 1. The van der Waals surface area contributed by atoms with E-state index in [1.54, 1.807) is 12.1 Å². The topological polar surface area (TPSA) is 72.5 Å². The molecule has 4 nitrogen and oxygen atoms in total. The van der Waals surface area contributed by atoms with E-state index < -0.39 is 11.4 Å². The molecule has 1 atom stereocenters. The number of benzene rings is 1. The Kier molecular flexibility index (Phi) is 3.99. The van der Waals surface area contributed by atoms with Gasteiger partial charge in [-0.3, -0.25) is 4.79 Å². The number of nitroso groups, excluding NO2 is 1. The van der Waals surface area contributed by atoms with Gasteiger partial charge in [-0.2, -0.15) is 0 Å². The van der Waals surface area contributed by atoms with Crippen molar-refractivity contribution in [2.75, 3.05) is 0 Å². The molecule has 1 rings (SSSR count). The average Bonchev–Trinajstić information content (AvgIpc) is 2.26. The lowest BCUT2D eigenvalue weighted by molar-refractivity contribution is -0.124. The van der Waals surface area contributed by atoms with Crippen molar-refractivity contribution in [1.29, 1.82) is 0 Å². The zero-order valence-corrected chi connectivity index (χ0v) is 10.4. The molecule has 0 radical (unpaired) electrons. The van der Waals surface area contributed by atoms with Crippen LogP contribution in [0.2, 0.25) is 0 Å². The van der Waals surface area contributed by atoms with Crippen LogP contribution in [-0.2, 0) is 10.3 Å². The summed E-state index contributed by atoms with van der Waals surface area (Å²) in [6.07, 6.45) is 0.330. The summed E-state index contributed by atoms with van der Waals surface area (Å²) >= 11 is 0. The first-order valence-corrected chi connectivity index (χ1v) is 5.64. The molecule has 0 bridgehead atoms. The zero-order chi connectivity index (χ0) is 13.1. The molecule has 0 heterocycles. The quantitative estimate of drug-likeness (QED) is 0.795. The highest BCUT2D eigenvalue weighted by molar-refractivity contribution is 5.86. The van der Waals surface area contributed by atoms with Crippen molar-refractivity contribution in [1.82, 2.24) is 0 Å². The second kappa shape index (κ2) is 5.08. The molecule has 0 aliphatic carbocycles. The molecule has 1 aromatic carbocycles. The standard InChI is InChI=1S/C13H18N2O2/c1-9(2)8-13(15-17,12(14)16)11-7-5-4-6-10(11)3/h4-7,9H,8H2,1-3H3,(H2,14,16). The number of aryl methyl sites for hydroxylation is 1. The van der Waals surface area contributed by atoms with Crippen molar-refractivity contribution in [3.05, 3.63) is 40.3 Å². The number of carbonyl (C=O) groups is 1. The van der Waals surface area contributed by atoms with Gasteiger partial charge in [0.05, 0.1) is 0 Å². The van der Waals surface area contributed by atoms with Gasteiger partial charge in [0.25, 0.3) is 5.91 Å². The number of hydrogen-bond acceptors (Lipinski definition) is 3. The molecule has 1 aromatic rings. The van der Waals surface area contributed by atoms with E-state index in [0.29, 0.717) is 12.0 Å². The van der Waals surface area contributed by atoms with Gasteiger partial charge in [-0.1, -0.05) is 38.1 Å². The van der Waals surface area contributed by atoms with E-state index in [2.05, 4.69) is 5.18 Å². The lowest BCUT2D eigenvalue weighted by Gasteiger charge is -2.26. The fourth-order valence-corrected chi connectivity index (χ4v) is 2.10.